The Labute approximate surface area is 182 Å². The van der Waals surface area contributed by atoms with Crippen molar-refractivity contribution in [2.24, 2.45) is 0 Å². The molecular formula is C28H16N2O2. The molecule has 0 aliphatic rings. The van der Waals surface area contributed by atoms with Crippen molar-refractivity contribution >= 4 is 43.9 Å². The summed E-state index contributed by atoms with van der Waals surface area (Å²) in [6, 6.07) is 30.4. The van der Waals surface area contributed by atoms with Crippen molar-refractivity contribution in [2.45, 2.75) is 0 Å². The third-order valence-electron chi connectivity index (χ3n) is 5.96. The first-order valence-corrected chi connectivity index (χ1v) is 10.5. The van der Waals surface area contributed by atoms with Gasteiger partial charge in [0.05, 0.1) is 17.1 Å². The van der Waals surface area contributed by atoms with E-state index in [0.29, 0.717) is 0 Å². The number of aromatic nitrogens is 2. The van der Waals surface area contributed by atoms with E-state index in [1.807, 2.05) is 66.7 Å². The standard InChI is InChI=1S/C28H16N2O2/c1-2-10-25-18(6-1)19-12-13-20-21-16-17(11-14-26(21)32-28(20)27(19)31-25)22-8-5-9-24(30-22)23-7-3-4-15-29-23/h1-16H. The van der Waals surface area contributed by atoms with Crippen LogP contribution in [0.2, 0.25) is 0 Å². The fraction of sp³-hybridized carbons (Fsp3) is 0. The van der Waals surface area contributed by atoms with E-state index in [9.17, 15) is 0 Å². The molecule has 4 nitrogen and oxygen atoms in total. The molecule has 32 heavy (non-hydrogen) atoms. The molecule has 4 aromatic heterocycles. The van der Waals surface area contributed by atoms with E-state index in [0.717, 1.165) is 66.5 Å². The molecule has 0 bridgehead atoms. The Kier molecular flexibility index (Phi) is 3.52. The van der Waals surface area contributed by atoms with Crippen LogP contribution >= 0.6 is 0 Å². The van der Waals surface area contributed by atoms with Gasteiger partial charge in [0.1, 0.15) is 11.2 Å². The molecule has 7 rings (SSSR count). The summed E-state index contributed by atoms with van der Waals surface area (Å²) < 4.78 is 12.4. The van der Waals surface area contributed by atoms with Crippen molar-refractivity contribution in [3.05, 3.63) is 97.2 Å². The van der Waals surface area contributed by atoms with Crippen LogP contribution in [-0.4, -0.2) is 9.97 Å². The number of fused-ring (bicyclic) bond motifs is 7. The minimum atomic E-state index is 0.779. The molecule has 0 N–H and O–H groups in total. The second kappa shape index (κ2) is 6.53. The summed E-state index contributed by atoms with van der Waals surface area (Å²) in [6.45, 7) is 0. The summed E-state index contributed by atoms with van der Waals surface area (Å²) in [5, 5.41) is 4.25. The molecule has 0 amide bonds. The van der Waals surface area contributed by atoms with Crippen LogP contribution in [0, 0.1) is 0 Å². The Morgan fingerprint density at radius 2 is 1.22 bits per heavy atom. The Balaban J connectivity index is 1.43. The zero-order valence-corrected chi connectivity index (χ0v) is 16.9. The number of benzene rings is 3. The van der Waals surface area contributed by atoms with Crippen LogP contribution in [0.3, 0.4) is 0 Å². The van der Waals surface area contributed by atoms with Gasteiger partial charge in [-0.05, 0) is 60.7 Å². The highest BCUT2D eigenvalue weighted by Gasteiger charge is 2.16. The van der Waals surface area contributed by atoms with E-state index < -0.39 is 0 Å². The topological polar surface area (TPSA) is 52.1 Å². The third kappa shape index (κ3) is 2.50. The zero-order valence-electron chi connectivity index (χ0n) is 16.9. The van der Waals surface area contributed by atoms with E-state index in [2.05, 4.69) is 29.2 Å². The van der Waals surface area contributed by atoms with Gasteiger partial charge in [-0.1, -0.05) is 30.3 Å². The van der Waals surface area contributed by atoms with E-state index >= 15 is 0 Å². The normalized spacial score (nSPS) is 11.8. The van der Waals surface area contributed by atoms with Crippen LogP contribution in [0.5, 0.6) is 0 Å². The van der Waals surface area contributed by atoms with E-state index in [4.69, 9.17) is 13.8 Å². The van der Waals surface area contributed by atoms with Gasteiger partial charge in [-0.3, -0.25) is 4.98 Å². The van der Waals surface area contributed by atoms with Gasteiger partial charge < -0.3 is 8.83 Å². The first-order valence-electron chi connectivity index (χ1n) is 10.5. The van der Waals surface area contributed by atoms with Gasteiger partial charge in [0.2, 0.25) is 0 Å². The lowest BCUT2D eigenvalue weighted by atomic mass is 10.0. The molecule has 0 saturated heterocycles. The monoisotopic (exact) mass is 412 g/mol. The van der Waals surface area contributed by atoms with Gasteiger partial charge in [0, 0.05) is 33.3 Å². The molecule has 3 aromatic carbocycles. The number of hydrogen-bond donors (Lipinski definition) is 0. The summed E-state index contributed by atoms with van der Waals surface area (Å²) in [6.07, 6.45) is 1.78. The molecule has 4 heterocycles. The molecule has 0 saturated carbocycles. The maximum atomic E-state index is 6.26. The van der Waals surface area contributed by atoms with Gasteiger partial charge in [0.15, 0.2) is 11.2 Å². The smallest absolute Gasteiger partial charge is 0.178 e. The summed E-state index contributed by atoms with van der Waals surface area (Å²) in [5.74, 6) is 0. The van der Waals surface area contributed by atoms with E-state index in [1.54, 1.807) is 6.20 Å². The second-order valence-electron chi connectivity index (χ2n) is 7.85. The van der Waals surface area contributed by atoms with Gasteiger partial charge in [-0.2, -0.15) is 0 Å². The number of nitrogens with zero attached hydrogens (tertiary/aromatic N) is 2. The van der Waals surface area contributed by atoms with Crippen molar-refractivity contribution < 1.29 is 8.83 Å². The molecule has 0 radical (unpaired) electrons. The SMILES string of the molecule is c1ccc(-c2cccc(-c3ccc4oc5c(ccc6c7ccccc7oc65)c4c3)n2)nc1. The van der Waals surface area contributed by atoms with Gasteiger partial charge >= 0.3 is 0 Å². The largest absolute Gasteiger partial charge is 0.452 e. The fourth-order valence-corrected chi connectivity index (χ4v) is 4.43. The van der Waals surface area contributed by atoms with Gasteiger partial charge in [-0.15, -0.1) is 0 Å². The highest BCUT2D eigenvalue weighted by Crippen LogP contribution is 2.39. The summed E-state index contributed by atoms with van der Waals surface area (Å²) >= 11 is 0. The zero-order chi connectivity index (χ0) is 21.1. The molecule has 0 aliphatic heterocycles. The predicted octanol–water partition coefficient (Wildman–Crippen LogP) is 7.61. The lowest BCUT2D eigenvalue weighted by molar-refractivity contribution is 0.633. The predicted molar refractivity (Wildman–Crippen MR) is 127 cm³/mol. The van der Waals surface area contributed by atoms with Crippen LogP contribution in [-0.2, 0) is 0 Å². The molecule has 150 valence electrons. The van der Waals surface area contributed by atoms with Crippen LogP contribution in [0.1, 0.15) is 0 Å². The van der Waals surface area contributed by atoms with Crippen LogP contribution in [0.25, 0.3) is 66.5 Å². The Morgan fingerprint density at radius 1 is 0.500 bits per heavy atom. The van der Waals surface area contributed by atoms with E-state index in [-0.39, 0.29) is 0 Å². The summed E-state index contributed by atoms with van der Waals surface area (Å²) in [4.78, 5) is 9.28. The first-order chi connectivity index (χ1) is 15.8. The molecular weight excluding hydrogens is 396 g/mol. The summed E-state index contributed by atoms with van der Waals surface area (Å²) in [7, 11) is 0. The minimum Gasteiger partial charge on any atom is -0.452 e. The van der Waals surface area contributed by atoms with Gasteiger partial charge in [-0.25, -0.2) is 4.98 Å². The van der Waals surface area contributed by atoms with Crippen LogP contribution in [0.15, 0.2) is 106 Å². The quantitative estimate of drug-likeness (QED) is 0.293. The molecule has 7 aromatic rings. The first kappa shape index (κ1) is 17.3. The lowest BCUT2D eigenvalue weighted by Crippen LogP contribution is -1.89. The van der Waals surface area contributed by atoms with Crippen molar-refractivity contribution in [1.82, 2.24) is 9.97 Å². The molecule has 0 atom stereocenters. The number of rotatable bonds is 2. The lowest BCUT2D eigenvalue weighted by Gasteiger charge is -2.04. The minimum absolute atomic E-state index is 0.779. The molecule has 0 unspecified atom stereocenters. The number of furan rings is 2. The van der Waals surface area contributed by atoms with Crippen molar-refractivity contribution in [3.8, 4) is 22.6 Å². The Hall–Kier alpha value is -4.44. The average Bonchev–Trinajstić information content (AvgIpc) is 3.42. The highest BCUT2D eigenvalue weighted by atomic mass is 16.4. The Bertz CT molecular complexity index is 1780. The number of pyridine rings is 2. The number of para-hydroxylation sites is 1. The van der Waals surface area contributed by atoms with Crippen molar-refractivity contribution in [1.29, 1.82) is 0 Å². The second-order valence-corrected chi connectivity index (χ2v) is 7.85. The average molecular weight is 412 g/mol. The fourth-order valence-electron chi connectivity index (χ4n) is 4.43. The highest BCUT2D eigenvalue weighted by molar-refractivity contribution is 6.19. The Morgan fingerprint density at radius 3 is 2.06 bits per heavy atom. The maximum Gasteiger partial charge on any atom is 0.178 e. The molecule has 0 spiro atoms. The van der Waals surface area contributed by atoms with Gasteiger partial charge in [0.25, 0.3) is 0 Å². The molecule has 4 heteroatoms. The van der Waals surface area contributed by atoms with Crippen molar-refractivity contribution in [3.63, 3.8) is 0 Å². The van der Waals surface area contributed by atoms with Crippen molar-refractivity contribution in [2.75, 3.05) is 0 Å². The molecule has 0 fully saturated rings. The van der Waals surface area contributed by atoms with Crippen LogP contribution < -0.4 is 0 Å². The van der Waals surface area contributed by atoms with E-state index in [1.165, 1.54) is 0 Å². The third-order valence-corrected chi connectivity index (χ3v) is 5.96. The summed E-state index contributed by atoms with van der Waals surface area (Å²) in [5.41, 5.74) is 6.90. The molecule has 0 aliphatic carbocycles. The van der Waals surface area contributed by atoms with Crippen LogP contribution in [0.4, 0.5) is 0 Å². The number of hydrogen-bond acceptors (Lipinski definition) is 4. The maximum absolute atomic E-state index is 6.26.